The molecule has 11 nitrogen and oxygen atoms in total. The molecule has 0 radical (unpaired) electrons. The summed E-state index contributed by atoms with van der Waals surface area (Å²) < 4.78 is 50.9. The quantitative estimate of drug-likeness (QED) is 0.211. The maximum absolute atomic E-state index is 15.3. The standard InChI is InChI=1S/C39H38FN7O4S/c1-23-9-11-24(12-10-23)38-36(39(48)41-2)27-19-26(32(21-34(27)51-38)45(4)52(5,49)50)29-13-14-30-37(43-29)33-20-25-28(40)7-6-8-31(25)47(33)35(42-30)22-46-17-15-44(3)16-18-46/h6-14,19-21H,15-18,22H2,1-5H3,(H,41,48). The molecule has 8 rings (SSSR count). The van der Waals surface area contributed by atoms with Gasteiger partial charge in [-0.25, -0.2) is 22.8 Å². The summed E-state index contributed by atoms with van der Waals surface area (Å²) in [5, 5.41) is 3.69. The summed E-state index contributed by atoms with van der Waals surface area (Å²) in [7, 11) is 1.40. The van der Waals surface area contributed by atoms with Crippen LogP contribution in [0.2, 0.25) is 0 Å². The van der Waals surface area contributed by atoms with Crippen LogP contribution in [0.1, 0.15) is 21.7 Å². The summed E-state index contributed by atoms with van der Waals surface area (Å²) in [6.45, 7) is 6.22. The summed E-state index contributed by atoms with van der Waals surface area (Å²) in [5.41, 5.74) is 6.18. The van der Waals surface area contributed by atoms with Crippen LogP contribution < -0.4 is 9.62 Å². The smallest absolute Gasteiger partial charge is 0.255 e. The molecule has 5 heterocycles. The van der Waals surface area contributed by atoms with Crippen LogP contribution in [-0.2, 0) is 16.6 Å². The molecule has 1 fully saturated rings. The molecule has 1 saturated heterocycles. The van der Waals surface area contributed by atoms with Crippen molar-refractivity contribution < 1.29 is 22.0 Å². The SMILES string of the molecule is CNC(=O)c1c(-c2ccc(C)cc2)oc2cc(N(C)S(C)(=O)=O)c(-c3ccc4nc(CN5CCN(C)CC5)n5c6cccc(F)c6cc5c4n3)cc12. The molecule has 266 valence electrons. The zero-order valence-electron chi connectivity index (χ0n) is 29.6. The van der Waals surface area contributed by atoms with Crippen molar-refractivity contribution in [1.82, 2.24) is 29.5 Å². The number of fused-ring (bicyclic) bond motifs is 6. The average Bonchev–Trinajstić information content (AvgIpc) is 3.71. The number of benzene rings is 3. The number of carbonyl (C=O) groups is 1. The van der Waals surface area contributed by atoms with E-state index in [4.69, 9.17) is 14.4 Å². The lowest BCUT2D eigenvalue weighted by atomic mass is 10.00. The number of rotatable bonds is 7. The Labute approximate surface area is 300 Å². The number of nitrogens with one attached hydrogen (secondary N) is 1. The van der Waals surface area contributed by atoms with E-state index in [-0.39, 0.29) is 11.7 Å². The zero-order chi connectivity index (χ0) is 36.5. The minimum Gasteiger partial charge on any atom is -0.455 e. The number of sulfonamides is 1. The lowest BCUT2D eigenvalue weighted by Crippen LogP contribution is -2.44. The zero-order valence-corrected chi connectivity index (χ0v) is 30.4. The Morgan fingerprint density at radius 2 is 1.71 bits per heavy atom. The predicted octanol–water partition coefficient (Wildman–Crippen LogP) is 6.07. The highest BCUT2D eigenvalue weighted by molar-refractivity contribution is 7.92. The van der Waals surface area contributed by atoms with Crippen molar-refractivity contribution in [2.45, 2.75) is 13.5 Å². The first-order chi connectivity index (χ1) is 24.9. The molecule has 1 N–H and O–H groups in total. The monoisotopic (exact) mass is 719 g/mol. The van der Waals surface area contributed by atoms with Crippen molar-refractivity contribution in [3.8, 4) is 22.6 Å². The fourth-order valence-electron chi connectivity index (χ4n) is 7.06. The fourth-order valence-corrected chi connectivity index (χ4v) is 7.57. The van der Waals surface area contributed by atoms with E-state index >= 15 is 4.39 Å². The number of pyridine rings is 1. The number of anilines is 1. The van der Waals surface area contributed by atoms with E-state index in [0.29, 0.717) is 78.8 Å². The Kier molecular flexibility index (Phi) is 8.24. The first-order valence-corrected chi connectivity index (χ1v) is 18.9. The van der Waals surface area contributed by atoms with Crippen molar-refractivity contribution in [3.05, 3.63) is 95.6 Å². The van der Waals surface area contributed by atoms with Gasteiger partial charge in [0.05, 0.1) is 46.3 Å². The summed E-state index contributed by atoms with van der Waals surface area (Å²) in [4.78, 5) is 28.3. The van der Waals surface area contributed by atoms with E-state index in [1.54, 1.807) is 37.4 Å². The van der Waals surface area contributed by atoms with Crippen LogP contribution in [0.25, 0.3) is 61.0 Å². The van der Waals surface area contributed by atoms with Crippen molar-refractivity contribution in [2.24, 2.45) is 0 Å². The number of aryl methyl sites for hydroxylation is 1. The molecule has 3 aromatic carbocycles. The van der Waals surface area contributed by atoms with E-state index in [0.717, 1.165) is 43.8 Å². The van der Waals surface area contributed by atoms with Gasteiger partial charge in [0, 0.05) is 68.2 Å². The number of amides is 1. The van der Waals surface area contributed by atoms with E-state index < -0.39 is 10.0 Å². The third kappa shape index (κ3) is 5.74. The van der Waals surface area contributed by atoms with Gasteiger partial charge >= 0.3 is 0 Å². The van der Waals surface area contributed by atoms with Gasteiger partial charge in [-0.2, -0.15) is 0 Å². The summed E-state index contributed by atoms with van der Waals surface area (Å²) in [5.74, 6) is 0.450. The molecule has 1 aliphatic heterocycles. The van der Waals surface area contributed by atoms with Crippen LogP contribution in [0.3, 0.4) is 0 Å². The van der Waals surface area contributed by atoms with E-state index in [9.17, 15) is 13.2 Å². The van der Waals surface area contributed by atoms with E-state index in [1.165, 1.54) is 17.4 Å². The maximum Gasteiger partial charge on any atom is 0.255 e. The Bertz CT molecular complexity index is 2660. The molecule has 0 atom stereocenters. The maximum atomic E-state index is 15.3. The minimum absolute atomic E-state index is 0.316. The van der Waals surface area contributed by atoms with Crippen LogP contribution in [0, 0.1) is 12.7 Å². The number of likely N-dealkylation sites (N-methyl/N-ethyl adjacent to an activating group) is 1. The first-order valence-electron chi connectivity index (χ1n) is 17.1. The third-order valence-electron chi connectivity index (χ3n) is 10.1. The Hall–Kier alpha value is -5.37. The molecule has 0 unspecified atom stereocenters. The first kappa shape index (κ1) is 33.8. The summed E-state index contributed by atoms with van der Waals surface area (Å²) >= 11 is 0. The van der Waals surface area contributed by atoms with E-state index in [1.807, 2.05) is 47.7 Å². The molecular formula is C39H38FN7O4S. The molecule has 1 amide bonds. The topological polar surface area (TPSA) is 116 Å². The summed E-state index contributed by atoms with van der Waals surface area (Å²) in [6, 6.07) is 21.5. The van der Waals surface area contributed by atoms with Gasteiger partial charge in [-0.15, -0.1) is 0 Å². The lowest BCUT2D eigenvalue weighted by molar-refractivity contribution is 0.0964. The Morgan fingerprint density at radius 3 is 2.42 bits per heavy atom. The van der Waals surface area contributed by atoms with Gasteiger partial charge in [0.25, 0.3) is 5.91 Å². The second kappa shape index (κ2) is 12.7. The highest BCUT2D eigenvalue weighted by Crippen LogP contribution is 2.41. The molecule has 4 aromatic heterocycles. The summed E-state index contributed by atoms with van der Waals surface area (Å²) in [6.07, 6.45) is 1.13. The Morgan fingerprint density at radius 1 is 0.962 bits per heavy atom. The van der Waals surface area contributed by atoms with Crippen LogP contribution in [0.15, 0.2) is 77.2 Å². The predicted molar refractivity (Wildman–Crippen MR) is 203 cm³/mol. The van der Waals surface area contributed by atoms with Gasteiger partial charge in [-0.1, -0.05) is 35.9 Å². The lowest BCUT2D eigenvalue weighted by Gasteiger charge is -2.32. The van der Waals surface area contributed by atoms with Gasteiger partial charge in [-0.05, 0) is 50.4 Å². The molecular weight excluding hydrogens is 682 g/mol. The molecule has 52 heavy (non-hydrogen) atoms. The minimum atomic E-state index is -3.74. The molecule has 0 aliphatic carbocycles. The van der Waals surface area contributed by atoms with Gasteiger partial charge in [-0.3, -0.25) is 18.4 Å². The van der Waals surface area contributed by atoms with Crippen LogP contribution in [-0.4, -0.2) is 92.1 Å². The van der Waals surface area contributed by atoms with Gasteiger partial charge < -0.3 is 14.6 Å². The molecule has 0 spiro atoms. The highest BCUT2D eigenvalue weighted by atomic mass is 32.2. The number of aromatic nitrogens is 3. The Balaban J connectivity index is 1.38. The van der Waals surface area contributed by atoms with Crippen LogP contribution >= 0.6 is 0 Å². The number of piperazine rings is 1. The largest absolute Gasteiger partial charge is 0.455 e. The number of hydrogen-bond donors (Lipinski definition) is 1. The molecule has 0 saturated carbocycles. The van der Waals surface area contributed by atoms with Crippen molar-refractivity contribution in [3.63, 3.8) is 0 Å². The average molecular weight is 720 g/mol. The second-order valence-electron chi connectivity index (χ2n) is 13.6. The number of carbonyl (C=O) groups excluding carboxylic acids is 1. The number of furan rings is 1. The van der Waals surface area contributed by atoms with E-state index in [2.05, 4.69) is 22.2 Å². The number of nitrogens with zero attached hydrogens (tertiary/aromatic N) is 6. The fraction of sp³-hybridized carbons (Fsp3) is 0.256. The van der Waals surface area contributed by atoms with Crippen molar-refractivity contribution >= 4 is 60.0 Å². The molecule has 0 bridgehead atoms. The molecule has 1 aliphatic rings. The number of halogens is 1. The van der Waals surface area contributed by atoms with Crippen LogP contribution in [0.5, 0.6) is 0 Å². The van der Waals surface area contributed by atoms with Gasteiger partial charge in [0.1, 0.15) is 28.5 Å². The van der Waals surface area contributed by atoms with Crippen molar-refractivity contribution in [1.29, 1.82) is 0 Å². The number of hydrogen-bond acceptors (Lipinski definition) is 8. The van der Waals surface area contributed by atoms with Gasteiger partial charge in [0.2, 0.25) is 10.0 Å². The molecule has 13 heteroatoms. The second-order valence-corrected chi connectivity index (χ2v) is 15.6. The van der Waals surface area contributed by atoms with Gasteiger partial charge in [0.15, 0.2) is 0 Å². The van der Waals surface area contributed by atoms with Crippen molar-refractivity contribution in [2.75, 3.05) is 57.9 Å². The van der Waals surface area contributed by atoms with Crippen LogP contribution in [0.4, 0.5) is 10.1 Å². The molecule has 7 aromatic rings. The normalized spacial score (nSPS) is 14.6. The highest BCUT2D eigenvalue weighted by Gasteiger charge is 2.27. The third-order valence-corrected chi connectivity index (χ3v) is 11.3.